The third-order valence-electron chi connectivity index (χ3n) is 2.44. The van der Waals surface area contributed by atoms with E-state index in [0.29, 0.717) is 25.5 Å². The molecule has 1 aliphatic heterocycles. The van der Waals surface area contributed by atoms with E-state index < -0.39 is 12.0 Å². The Balaban J connectivity index is 2.12. The Morgan fingerprint density at radius 3 is 3.00 bits per heavy atom. The van der Waals surface area contributed by atoms with Crippen molar-refractivity contribution < 1.29 is 9.53 Å². The van der Waals surface area contributed by atoms with Crippen LogP contribution in [0.2, 0.25) is 0 Å². The van der Waals surface area contributed by atoms with Gasteiger partial charge in [0.2, 0.25) is 0 Å². The van der Waals surface area contributed by atoms with Crippen LogP contribution in [0.1, 0.15) is 10.5 Å². The molecule has 2 heterocycles. The number of anilines is 1. The molecule has 0 saturated carbocycles. The van der Waals surface area contributed by atoms with E-state index in [4.69, 9.17) is 15.7 Å². The summed E-state index contributed by atoms with van der Waals surface area (Å²) in [6.45, 7) is 1.56. The molecule has 7 heteroatoms. The number of primary amides is 1. The van der Waals surface area contributed by atoms with Crippen LogP contribution in [0.15, 0.2) is 12.1 Å². The first kappa shape index (κ1) is 11.3. The fraction of sp³-hybridized carbons (Fsp3) is 0.400. The first-order valence-corrected chi connectivity index (χ1v) is 5.10. The molecule has 0 aliphatic carbocycles. The predicted octanol–water partition coefficient (Wildman–Crippen LogP) is -0.696. The van der Waals surface area contributed by atoms with E-state index in [9.17, 15) is 4.79 Å². The molecule has 0 radical (unpaired) electrons. The van der Waals surface area contributed by atoms with Crippen LogP contribution in [0.25, 0.3) is 0 Å². The maximum absolute atomic E-state index is 10.8. The molecule has 1 saturated heterocycles. The summed E-state index contributed by atoms with van der Waals surface area (Å²) in [6.07, 6.45) is -0.457. The van der Waals surface area contributed by atoms with E-state index in [1.54, 1.807) is 6.07 Å². The van der Waals surface area contributed by atoms with Gasteiger partial charge in [-0.25, -0.2) is 0 Å². The molecule has 1 unspecified atom stereocenters. The van der Waals surface area contributed by atoms with Gasteiger partial charge >= 0.3 is 0 Å². The van der Waals surface area contributed by atoms with Gasteiger partial charge in [-0.1, -0.05) is 0 Å². The molecule has 17 heavy (non-hydrogen) atoms. The van der Waals surface area contributed by atoms with Crippen LogP contribution >= 0.6 is 0 Å². The fourth-order valence-electron chi connectivity index (χ4n) is 1.56. The summed E-state index contributed by atoms with van der Waals surface area (Å²) in [4.78, 5) is 12.7. The van der Waals surface area contributed by atoms with Gasteiger partial charge in [-0.2, -0.15) is 5.26 Å². The Kier molecular flexibility index (Phi) is 3.16. The summed E-state index contributed by atoms with van der Waals surface area (Å²) in [6, 6.07) is 5.22. The van der Waals surface area contributed by atoms with Gasteiger partial charge in [0.05, 0.1) is 19.2 Å². The molecule has 0 spiro atoms. The number of hydrogen-bond acceptors (Lipinski definition) is 6. The molecule has 0 aromatic carbocycles. The van der Waals surface area contributed by atoms with Crippen molar-refractivity contribution in [2.45, 2.75) is 6.10 Å². The summed E-state index contributed by atoms with van der Waals surface area (Å²) in [5.74, 6) is -0.000483. The number of morpholine rings is 1. The molecular weight excluding hydrogens is 222 g/mol. The van der Waals surface area contributed by atoms with Gasteiger partial charge in [-0.3, -0.25) is 4.79 Å². The number of carbonyl (C=O) groups is 1. The number of aromatic nitrogens is 2. The second kappa shape index (κ2) is 4.76. The molecule has 1 aliphatic rings. The lowest BCUT2D eigenvalue weighted by Crippen LogP contribution is -2.42. The number of carbonyl (C=O) groups excluding carboxylic acids is 1. The third kappa shape index (κ3) is 2.49. The Labute approximate surface area is 97.8 Å². The number of hydrogen-bond donors (Lipinski definition) is 1. The van der Waals surface area contributed by atoms with E-state index in [-0.39, 0.29) is 5.69 Å². The number of rotatable bonds is 2. The van der Waals surface area contributed by atoms with Gasteiger partial charge in [0, 0.05) is 6.54 Å². The molecule has 1 amide bonds. The van der Waals surface area contributed by atoms with Gasteiger partial charge in [0.25, 0.3) is 5.91 Å². The van der Waals surface area contributed by atoms with E-state index in [2.05, 4.69) is 10.2 Å². The number of amides is 1. The highest BCUT2D eigenvalue weighted by atomic mass is 16.5. The molecule has 2 N–H and O–H groups in total. The fourth-order valence-corrected chi connectivity index (χ4v) is 1.56. The number of nitrogens with zero attached hydrogens (tertiary/aromatic N) is 4. The van der Waals surface area contributed by atoms with Crippen molar-refractivity contribution >= 4 is 11.7 Å². The maximum atomic E-state index is 10.8. The number of ether oxygens (including phenoxy) is 1. The minimum atomic E-state index is -0.610. The normalized spacial score (nSPS) is 19.7. The van der Waals surface area contributed by atoms with Crippen molar-refractivity contribution in [3.8, 4) is 6.07 Å². The smallest absolute Gasteiger partial charge is 0.269 e. The lowest BCUT2D eigenvalue weighted by Gasteiger charge is -2.30. The Morgan fingerprint density at radius 2 is 2.41 bits per heavy atom. The molecule has 0 bridgehead atoms. The molecule has 1 fully saturated rings. The van der Waals surface area contributed by atoms with E-state index >= 15 is 0 Å². The predicted molar refractivity (Wildman–Crippen MR) is 58.1 cm³/mol. The van der Waals surface area contributed by atoms with Crippen LogP contribution in [0, 0.1) is 11.3 Å². The van der Waals surface area contributed by atoms with Crippen LogP contribution < -0.4 is 10.6 Å². The largest absolute Gasteiger partial charge is 0.364 e. The third-order valence-corrected chi connectivity index (χ3v) is 2.44. The second-order valence-electron chi connectivity index (χ2n) is 3.58. The lowest BCUT2D eigenvalue weighted by atomic mass is 10.3. The Bertz CT molecular complexity index is 453. The van der Waals surface area contributed by atoms with Crippen molar-refractivity contribution in [1.29, 1.82) is 5.26 Å². The first-order valence-electron chi connectivity index (χ1n) is 5.10. The maximum Gasteiger partial charge on any atom is 0.269 e. The lowest BCUT2D eigenvalue weighted by molar-refractivity contribution is 0.0760. The quantitative estimate of drug-likeness (QED) is 0.724. The minimum Gasteiger partial charge on any atom is -0.364 e. The summed E-state index contributed by atoms with van der Waals surface area (Å²) < 4.78 is 5.22. The molecule has 7 nitrogen and oxygen atoms in total. The summed E-state index contributed by atoms with van der Waals surface area (Å²) >= 11 is 0. The number of nitriles is 1. The van der Waals surface area contributed by atoms with Gasteiger partial charge in [0.1, 0.15) is 0 Å². The zero-order valence-corrected chi connectivity index (χ0v) is 9.04. The Morgan fingerprint density at radius 1 is 1.59 bits per heavy atom. The zero-order valence-electron chi connectivity index (χ0n) is 9.04. The standard InChI is InChI=1S/C10H11N5O2/c11-5-7-6-15(3-4-17-7)9-2-1-8(10(12)16)13-14-9/h1-2,7H,3-4,6H2,(H2,12,16). The van der Waals surface area contributed by atoms with Crippen LogP contribution in [0.5, 0.6) is 0 Å². The van der Waals surface area contributed by atoms with E-state index in [1.807, 2.05) is 11.0 Å². The summed E-state index contributed by atoms with van der Waals surface area (Å²) in [7, 11) is 0. The van der Waals surface area contributed by atoms with E-state index in [1.165, 1.54) is 6.07 Å². The average Bonchev–Trinajstić information content (AvgIpc) is 2.39. The molecule has 1 atom stereocenters. The summed E-state index contributed by atoms with van der Waals surface area (Å²) in [5, 5.41) is 16.4. The molecular formula is C10H11N5O2. The van der Waals surface area contributed by atoms with Gasteiger partial charge in [-0.05, 0) is 12.1 Å². The van der Waals surface area contributed by atoms with Crippen molar-refractivity contribution in [1.82, 2.24) is 10.2 Å². The molecule has 1 aromatic heterocycles. The van der Waals surface area contributed by atoms with Crippen LogP contribution in [-0.4, -0.2) is 41.9 Å². The van der Waals surface area contributed by atoms with Crippen LogP contribution in [0.3, 0.4) is 0 Å². The average molecular weight is 233 g/mol. The molecule has 88 valence electrons. The minimum absolute atomic E-state index is 0.124. The van der Waals surface area contributed by atoms with Gasteiger partial charge < -0.3 is 15.4 Å². The molecule has 2 rings (SSSR count). The second-order valence-corrected chi connectivity index (χ2v) is 3.58. The summed E-state index contributed by atoms with van der Waals surface area (Å²) in [5.41, 5.74) is 5.19. The van der Waals surface area contributed by atoms with E-state index in [0.717, 1.165) is 0 Å². The van der Waals surface area contributed by atoms with Gasteiger partial charge in [-0.15, -0.1) is 10.2 Å². The van der Waals surface area contributed by atoms with Crippen molar-refractivity contribution in [3.63, 3.8) is 0 Å². The highest BCUT2D eigenvalue weighted by Crippen LogP contribution is 2.13. The van der Waals surface area contributed by atoms with Crippen molar-refractivity contribution in [2.24, 2.45) is 5.73 Å². The SMILES string of the molecule is N#CC1CN(c2ccc(C(N)=O)nn2)CCO1. The topological polar surface area (TPSA) is 105 Å². The zero-order chi connectivity index (χ0) is 12.3. The highest BCUT2D eigenvalue weighted by molar-refractivity contribution is 5.90. The Hall–Kier alpha value is -2.20. The van der Waals surface area contributed by atoms with Crippen molar-refractivity contribution in [2.75, 3.05) is 24.6 Å². The van der Waals surface area contributed by atoms with Crippen LogP contribution in [-0.2, 0) is 4.74 Å². The number of nitrogens with two attached hydrogens (primary N) is 1. The first-order chi connectivity index (χ1) is 8.20. The van der Waals surface area contributed by atoms with Gasteiger partial charge in [0.15, 0.2) is 17.6 Å². The van der Waals surface area contributed by atoms with Crippen molar-refractivity contribution in [3.05, 3.63) is 17.8 Å². The highest BCUT2D eigenvalue weighted by Gasteiger charge is 2.21. The monoisotopic (exact) mass is 233 g/mol. The molecule has 1 aromatic rings. The van der Waals surface area contributed by atoms with Crippen LogP contribution in [0.4, 0.5) is 5.82 Å².